The Morgan fingerprint density at radius 1 is 1.00 bits per heavy atom. The summed E-state index contributed by atoms with van der Waals surface area (Å²) >= 11 is 0. The minimum Gasteiger partial charge on any atom is -0.348 e. The van der Waals surface area contributed by atoms with Crippen LogP contribution in [0.4, 0.5) is 0 Å². The molecule has 3 rings (SSSR count). The second-order valence-electron chi connectivity index (χ2n) is 6.29. The van der Waals surface area contributed by atoms with Crippen molar-refractivity contribution in [3.8, 4) is 0 Å². The molecule has 1 N–H and O–H groups in total. The number of nitrogens with one attached hydrogen (secondary N) is 1. The normalized spacial score (nSPS) is 10.7. The summed E-state index contributed by atoms with van der Waals surface area (Å²) in [5, 5.41) is 7.66. The van der Waals surface area contributed by atoms with Gasteiger partial charge in [0.2, 0.25) is 0 Å². The van der Waals surface area contributed by atoms with Crippen LogP contribution in [0.2, 0.25) is 0 Å². The van der Waals surface area contributed by atoms with E-state index < -0.39 is 0 Å². The lowest BCUT2D eigenvalue weighted by atomic mass is 10.1. The Balaban J connectivity index is 1.73. The van der Waals surface area contributed by atoms with E-state index in [4.69, 9.17) is 0 Å². The van der Waals surface area contributed by atoms with E-state index in [2.05, 4.69) is 29.5 Å². The monoisotopic (exact) mass is 333 g/mol. The standard InChI is InChI=1S/C21H23N3O/c1-15-9-7-8-12-19(15)21(25)22-13-20-16(2)23-24(17(20)3)14-18-10-5-4-6-11-18/h4-12H,13-14H2,1-3H3,(H,22,25). The molecule has 0 atom stereocenters. The molecule has 128 valence electrons. The van der Waals surface area contributed by atoms with Gasteiger partial charge in [0, 0.05) is 23.4 Å². The number of aromatic nitrogens is 2. The fourth-order valence-corrected chi connectivity index (χ4v) is 2.99. The molecule has 0 aliphatic rings. The highest BCUT2D eigenvalue weighted by Crippen LogP contribution is 2.15. The number of amides is 1. The molecule has 1 aromatic heterocycles. The van der Waals surface area contributed by atoms with Crippen LogP contribution in [-0.4, -0.2) is 15.7 Å². The molecule has 3 aromatic rings. The number of carbonyl (C=O) groups excluding carboxylic acids is 1. The van der Waals surface area contributed by atoms with Crippen LogP contribution in [0.1, 0.15) is 38.4 Å². The van der Waals surface area contributed by atoms with Crippen molar-refractivity contribution in [2.75, 3.05) is 0 Å². The summed E-state index contributed by atoms with van der Waals surface area (Å²) in [7, 11) is 0. The Hall–Kier alpha value is -2.88. The number of nitrogens with zero attached hydrogens (tertiary/aromatic N) is 2. The summed E-state index contributed by atoms with van der Waals surface area (Å²) in [5.74, 6) is -0.0484. The average Bonchev–Trinajstić information content (AvgIpc) is 2.87. The summed E-state index contributed by atoms with van der Waals surface area (Å²) in [5.41, 5.74) is 6.04. The molecule has 0 aliphatic heterocycles. The maximum atomic E-state index is 12.4. The van der Waals surface area contributed by atoms with E-state index >= 15 is 0 Å². The fraction of sp³-hybridized carbons (Fsp3) is 0.238. The molecule has 0 spiro atoms. The smallest absolute Gasteiger partial charge is 0.251 e. The van der Waals surface area contributed by atoms with Crippen molar-refractivity contribution in [1.82, 2.24) is 15.1 Å². The van der Waals surface area contributed by atoms with Gasteiger partial charge in [-0.1, -0.05) is 48.5 Å². The van der Waals surface area contributed by atoms with Crippen LogP contribution in [0.25, 0.3) is 0 Å². The lowest BCUT2D eigenvalue weighted by Crippen LogP contribution is -2.24. The first-order chi connectivity index (χ1) is 12.1. The largest absolute Gasteiger partial charge is 0.348 e. The van der Waals surface area contributed by atoms with Crippen molar-refractivity contribution in [2.45, 2.75) is 33.9 Å². The van der Waals surface area contributed by atoms with Crippen LogP contribution in [0.3, 0.4) is 0 Å². The van der Waals surface area contributed by atoms with Crippen molar-refractivity contribution in [3.63, 3.8) is 0 Å². The molecule has 0 fully saturated rings. The van der Waals surface area contributed by atoms with Crippen molar-refractivity contribution < 1.29 is 4.79 Å². The zero-order valence-electron chi connectivity index (χ0n) is 14.9. The van der Waals surface area contributed by atoms with Crippen LogP contribution in [0.5, 0.6) is 0 Å². The SMILES string of the molecule is Cc1ccccc1C(=O)NCc1c(C)nn(Cc2ccccc2)c1C. The number of rotatable bonds is 5. The van der Waals surface area contributed by atoms with E-state index in [1.807, 2.05) is 61.0 Å². The molecule has 0 bridgehead atoms. The van der Waals surface area contributed by atoms with Gasteiger partial charge in [0.1, 0.15) is 0 Å². The Bertz CT molecular complexity index is 881. The van der Waals surface area contributed by atoms with E-state index in [0.717, 1.165) is 34.6 Å². The number of carbonyl (C=O) groups is 1. The van der Waals surface area contributed by atoms with Crippen LogP contribution < -0.4 is 5.32 Å². The number of aryl methyl sites for hydroxylation is 2. The fourth-order valence-electron chi connectivity index (χ4n) is 2.99. The lowest BCUT2D eigenvalue weighted by molar-refractivity contribution is 0.0950. The van der Waals surface area contributed by atoms with Gasteiger partial charge < -0.3 is 5.32 Å². The molecule has 0 aliphatic carbocycles. The van der Waals surface area contributed by atoms with Gasteiger partial charge >= 0.3 is 0 Å². The molecule has 4 heteroatoms. The molecule has 0 unspecified atom stereocenters. The second-order valence-corrected chi connectivity index (χ2v) is 6.29. The van der Waals surface area contributed by atoms with Gasteiger partial charge in [-0.15, -0.1) is 0 Å². The molecule has 0 saturated heterocycles. The molecule has 0 saturated carbocycles. The molecular formula is C21H23N3O. The minimum absolute atomic E-state index is 0.0484. The predicted octanol–water partition coefficient (Wildman–Crippen LogP) is 3.79. The van der Waals surface area contributed by atoms with Gasteiger partial charge in [-0.05, 0) is 38.0 Å². The van der Waals surface area contributed by atoms with Crippen LogP contribution in [-0.2, 0) is 13.1 Å². The third-order valence-corrected chi connectivity index (χ3v) is 4.52. The summed E-state index contributed by atoms with van der Waals surface area (Å²) in [4.78, 5) is 12.4. The zero-order chi connectivity index (χ0) is 17.8. The van der Waals surface area contributed by atoms with Gasteiger partial charge in [-0.25, -0.2) is 0 Å². The minimum atomic E-state index is -0.0484. The van der Waals surface area contributed by atoms with Gasteiger partial charge in [0.05, 0.1) is 12.2 Å². The first kappa shape index (κ1) is 17.0. The number of hydrogen-bond donors (Lipinski definition) is 1. The topological polar surface area (TPSA) is 46.9 Å². The highest BCUT2D eigenvalue weighted by atomic mass is 16.1. The van der Waals surface area contributed by atoms with E-state index in [1.54, 1.807) is 0 Å². The average molecular weight is 333 g/mol. The van der Waals surface area contributed by atoms with Crippen molar-refractivity contribution >= 4 is 5.91 Å². The molecule has 1 heterocycles. The van der Waals surface area contributed by atoms with E-state index in [0.29, 0.717) is 6.54 Å². The first-order valence-corrected chi connectivity index (χ1v) is 8.47. The van der Waals surface area contributed by atoms with Gasteiger partial charge in [0.25, 0.3) is 5.91 Å². The van der Waals surface area contributed by atoms with Crippen LogP contribution >= 0.6 is 0 Å². The summed E-state index contributed by atoms with van der Waals surface area (Å²) in [6.07, 6.45) is 0. The molecule has 0 radical (unpaired) electrons. The number of benzene rings is 2. The summed E-state index contributed by atoms with van der Waals surface area (Å²) in [6, 6.07) is 17.9. The first-order valence-electron chi connectivity index (χ1n) is 8.47. The van der Waals surface area contributed by atoms with Crippen LogP contribution in [0, 0.1) is 20.8 Å². The maximum absolute atomic E-state index is 12.4. The van der Waals surface area contributed by atoms with Crippen molar-refractivity contribution in [3.05, 3.63) is 88.2 Å². The molecule has 2 aromatic carbocycles. The molecule has 1 amide bonds. The van der Waals surface area contributed by atoms with Gasteiger partial charge in [-0.2, -0.15) is 5.10 Å². The van der Waals surface area contributed by atoms with E-state index in [1.165, 1.54) is 5.56 Å². The second kappa shape index (κ2) is 7.34. The summed E-state index contributed by atoms with van der Waals surface area (Å²) < 4.78 is 2.00. The molecule has 25 heavy (non-hydrogen) atoms. The summed E-state index contributed by atoms with van der Waals surface area (Å²) in [6.45, 7) is 7.21. The quantitative estimate of drug-likeness (QED) is 0.772. The highest BCUT2D eigenvalue weighted by molar-refractivity contribution is 5.95. The highest BCUT2D eigenvalue weighted by Gasteiger charge is 2.14. The van der Waals surface area contributed by atoms with Crippen LogP contribution in [0.15, 0.2) is 54.6 Å². The molecule has 4 nitrogen and oxygen atoms in total. The Morgan fingerprint density at radius 3 is 2.40 bits per heavy atom. The lowest BCUT2D eigenvalue weighted by Gasteiger charge is -2.09. The van der Waals surface area contributed by atoms with E-state index in [-0.39, 0.29) is 5.91 Å². The third-order valence-electron chi connectivity index (χ3n) is 4.52. The Kier molecular flexibility index (Phi) is 4.98. The van der Waals surface area contributed by atoms with Gasteiger partial charge in [-0.3, -0.25) is 9.48 Å². The molecular weight excluding hydrogens is 310 g/mol. The Labute approximate surface area is 148 Å². The zero-order valence-corrected chi connectivity index (χ0v) is 14.9. The number of hydrogen-bond acceptors (Lipinski definition) is 2. The van der Waals surface area contributed by atoms with Gasteiger partial charge in [0.15, 0.2) is 0 Å². The third kappa shape index (κ3) is 3.79. The van der Waals surface area contributed by atoms with Crippen molar-refractivity contribution in [1.29, 1.82) is 0 Å². The van der Waals surface area contributed by atoms with Crippen molar-refractivity contribution in [2.24, 2.45) is 0 Å². The maximum Gasteiger partial charge on any atom is 0.251 e. The van der Waals surface area contributed by atoms with E-state index in [9.17, 15) is 4.79 Å². The predicted molar refractivity (Wildman–Crippen MR) is 99.6 cm³/mol. The Morgan fingerprint density at radius 2 is 1.68 bits per heavy atom.